The molecule has 1 aromatic carbocycles. The maximum atomic E-state index is 10.7. The lowest BCUT2D eigenvalue weighted by molar-refractivity contribution is -0.385. The second kappa shape index (κ2) is 5.79. The van der Waals surface area contributed by atoms with E-state index in [1.165, 1.54) is 12.1 Å². The van der Waals surface area contributed by atoms with Crippen molar-refractivity contribution in [1.29, 1.82) is 0 Å². The van der Waals surface area contributed by atoms with E-state index in [2.05, 4.69) is 26.1 Å². The average Bonchev–Trinajstić information content (AvgIpc) is 2.85. The van der Waals surface area contributed by atoms with E-state index in [0.29, 0.717) is 28.4 Å². The van der Waals surface area contributed by atoms with E-state index >= 15 is 0 Å². The lowest BCUT2D eigenvalue weighted by Gasteiger charge is -2.05. The molecule has 1 aromatic heterocycles. The van der Waals surface area contributed by atoms with E-state index < -0.39 is 4.92 Å². The molecule has 19 heavy (non-hydrogen) atoms. The molecular formula is C11H10BrN3O4. The van der Waals surface area contributed by atoms with Gasteiger partial charge in [0.25, 0.3) is 11.6 Å². The molecule has 2 rings (SSSR count). The van der Waals surface area contributed by atoms with Crippen molar-refractivity contribution >= 4 is 21.6 Å². The molecule has 2 aromatic rings. The Hall–Kier alpha value is -1.96. The largest absolute Gasteiger partial charge is 0.482 e. The third-order valence-electron chi connectivity index (χ3n) is 2.29. The van der Waals surface area contributed by atoms with Gasteiger partial charge in [-0.05, 0) is 22.0 Å². The van der Waals surface area contributed by atoms with Crippen molar-refractivity contribution in [2.24, 2.45) is 0 Å². The molecule has 0 aliphatic rings. The van der Waals surface area contributed by atoms with Gasteiger partial charge in [0.15, 0.2) is 6.61 Å². The molecule has 8 heteroatoms. The summed E-state index contributed by atoms with van der Waals surface area (Å²) < 4.78 is 11.3. The Kier molecular flexibility index (Phi) is 4.10. The van der Waals surface area contributed by atoms with Gasteiger partial charge in [0, 0.05) is 12.5 Å². The number of benzene rings is 1. The number of hydrogen-bond donors (Lipinski definition) is 0. The first-order valence-electron chi connectivity index (χ1n) is 5.48. The van der Waals surface area contributed by atoms with Crippen LogP contribution < -0.4 is 4.74 Å². The second-order valence-corrected chi connectivity index (χ2v) is 4.46. The van der Waals surface area contributed by atoms with Crippen molar-refractivity contribution in [2.45, 2.75) is 20.0 Å². The molecule has 0 radical (unpaired) electrons. The topological polar surface area (TPSA) is 91.3 Å². The first-order valence-corrected chi connectivity index (χ1v) is 6.27. The summed E-state index contributed by atoms with van der Waals surface area (Å²) in [6, 6.07) is 4.28. The molecule has 0 amide bonds. The highest BCUT2D eigenvalue weighted by Crippen LogP contribution is 2.29. The normalized spacial score (nSPS) is 10.4. The molecule has 0 atom stereocenters. The van der Waals surface area contributed by atoms with Gasteiger partial charge < -0.3 is 9.15 Å². The number of nitrogens with zero attached hydrogens (tertiary/aromatic N) is 3. The van der Waals surface area contributed by atoms with E-state index in [0.717, 1.165) is 0 Å². The number of ether oxygens (including phenoxy) is 1. The Morgan fingerprint density at radius 2 is 2.16 bits per heavy atom. The van der Waals surface area contributed by atoms with Crippen LogP contribution in [0.5, 0.6) is 5.75 Å². The smallest absolute Gasteiger partial charge is 0.273 e. The molecule has 0 spiro atoms. The van der Waals surface area contributed by atoms with Gasteiger partial charge >= 0.3 is 0 Å². The molecule has 0 N–H and O–H groups in total. The second-order valence-electron chi connectivity index (χ2n) is 3.60. The molecule has 0 aliphatic heterocycles. The predicted octanol–water partition coefficient (Wildman–Crippen LogP) is 2.88. The van der Waals surface area contributed by atoms with E-state index in [9.17, 15) is 10.1 Å². The quantitative estimate of drug-likeness (QED) is 0.619. The third kappa shape index (κ3) is 3.28. The molecule has 0 fully saturated rings. The van der Waals surface area contributed by atoms with Crippen molar-refractivity contribution < 1.29 is 14.1 Å². The Labute approximate surface area is 116 Å². The number of non-ortho nitro benzene ring substituents is 1. The monoisotopic (exact) mass is 327 g/mol. The van der Waals surface area contributed by atoms with Crippen molar-refractivity contribution in [3.8, 4) is 5.75 Å². The van der Waals surface area contributed by atoms with Gasteiger partial charge in [-0.1, -0.05) is 6.92 Å². The van der Waals surface area contributed by atoms with E-state index in [1.54, 1.807) is 6.07 Å². The molecule has 0 aliphatic carbocycles. The van der Waals surface area contributed by atoms with Crippen LogP contribution in [0.1, 0.15) is 18.7 Å². The van der Waals surface area contributed by atoms with Crippen molar-refractivity contribution in [3.63, 3.8) is 0 Å². The summed E-state index contributed by atoms with van der Waals surface area (Å²) in [4.78, 5) is 10.2. The zero-order chi connectivity index (χ0) is 13.8. The van der Waals surface area contributed by atoms with Gasteiger partial charge in [-0.15, -0.1) is 10.2 Å². The number of aromatic nitrogens is 2. The van der Waals surface area contributed by atoms with Gasteiger partial charge in [-0.3, -0.25) is 10.1 Å². The van der Waals surface area contributed by atoms with Crippen LogP contribution in [0.3, 0.4) is 0 Å². The molecule has 1 heterocycles. The van der Waals surface area contributed by atoms with Crippen LogP contribution in [0, 0.1) is 10.1 Å². The summed E-state index contributed by atoms with van der Waals surface area (Å²) in [5, 5.41) is 18.3. The Morgan fingerprint density at radius 3 is 2.79 bits per heavy atom. The SMILES string of the molecule is CCc1nnc(COc2cc([N+](=O)[O-])ccc2Br)o1. The predicted molar refractivity (Wildman–Crippen MR) is 68.8 cm³/mol. The van der Waals surface area contributed by atoms with Crippen LogP contribution in [0.15, 0.2) is 27.1 Å². The van der Waals surface area contributed by atoms with Crippen LogP contribution in [0.4, 0.5) is 5.69 Å². The highest BCUT2D eigenvalue weighted by molar-refractivity contribution is 9.10. The standard InChI is InChI=1S/C11H10BrN3O4/c1-2-10-13-14-11(19-10)6-18-9-5-7(15(16)17)3-4-8(9)12/h3-5H,2,6H2,1H3. The molecule has 0 unspecified atom stereocenters. The molecule has 7 nitrogen and oxygen atoms in total. The molecular weight excluding hydrogens is 318 g/mol. The van der Waals surface area contributed by atoms with Crippen LogP contribution >= 0.6 is 15.9 Å². The fourth-order valence-corrected chi connectivity index (χ4v) is 1.71. The van der Waals surface area contributed by atoms with E-state index in [-0.39, 0.29) is 12.3 Å². The zero-order valence-electron chi connectivity index (χ0n) is 10.00. The van der Waals surface area contributed by atoms with Crippen LogP contribution in [-0.2, 0) is 13.0 Å². The average molecular weight is 328 g/mol. The van der Waals surface area contributed by atoms with Crippen LogP contribution in [0.25, 0.3) is 0 Å². The van der Waals surface area contributed by atoms with Gasteiger partial charge in [0.1, 0.15) is 5.75 Å². The number of nitro benzene ring substituents is 1. The van der Waals surface area contributed by atoms with E-state index in [4.69, 9.17) is 9.15 Å². The minimum atomic E-state index is -0.485. The first-order chi connectivity index (χ1) is 9.10. The Balaban J connectivity index is 2.10. The van der Waals surface area contributed by atoms with Crippen molar-refractivity contribution in [1.82, 2.24) is 10.2 Å². The fourth-order valence-electron chi connectivity index (χ4n) is 1.35. The van der Waals surface area contributed by atoms with Gasteiger partial charge in [0.2, 0.25) is 5.89 Å². The Morgan fingerprint density at radius 1 is 1.42 bits per heavy atom. The number of rotatable bonds is 5. The first kappa shape index (κ1) is 13.5. The summed E-state index contributed by atoms with van der Waals surface area (Å²) in [6.07, 6.45) is 0.646. The summed E-state index contributed by atoms with van der Waals surface area (Å²) in [6.45, 7) is 1.96. The van der Waals surface area contributed by atoms with Crippen LogP contribution in [0.2, 0.25) is 0 Å². The number of halogens is 1. The summed E-state index contributed by atoms with van der Waals surface area (Å²) in [5.74, 6) is 1.21. The number of nitro groups is 1. The van der Waals surface area contributed by atoms with Crippen molar-refractivity contribution in [2.75, 3.05) is 0 Å². The number of hydrogen-bond acceptors (Lipinski definition) is 6. The van der Waals surface area contributed by atoms with Gasteiger partial charge in [0.05, 0.1) is 15.5 Å². The van der Waals surface area contributed by atoms with Crippen molar-refractivity contribution in [3.05, 3.63) is 44.6 Å². The summed E-state index contributed by atoms with van der Waals surface area (Å²) in [7, 11) is 0. The minimum absolute atomic E-state index is 0.0435. The highest BCUT2D eigenvalue weighted by Gasteiger charge is 2.12. The zero-order valence-corrected chi connectivity index (χ0v) is 11.6. The van der Waals surface area contributed by atoms with E-state index in [1.807, 2.05) is 6.92 Å². The fraction of sp³-hybridized carbons (Fsp3) is 0.273. The van der Waals surface area contributed by atoms with Gasteiger partial charge in [-0.25, -0.2) is 0 Å². The summed E-state index contributed by atoms with van der Waals surface area (Å²) in [5.41, 5.74) is -0.0435. The molecule has 100 valence electrons. The molecule has 0 saturated carbocycles. The summed E-state index contributed by atoms with van der Waals surface area (Å²) >= 11 is 3.26. The van der Waals surface area contributed by atoms with Gasteiger partial charge in [-0.2, -0.15) is 0 Å². The minimum Gasteiger partial charge on any atom is -0.482 e. The third-order valence-corrected chi connectivity index (χ3v) is 2.94. The number of aryl methyl sites for hydroxylation is 1. The maximum Gasteiger partial charge on any atom is 0.273 e. The Bertz CT molecular complexity index is 599. The lowest BCUT2D eigenvalue weighted by Crippen LogP contribution is -1.97. The maximum absolute atomic E-state index is 10.7. The molecule has 0 bridgehead atoms. The lowest BCUT2D eigenvalue weighted by atomic mass is 10.3. The van der Waals surface area contributed by atoms with Crippen LogP contribution in [-0.4, -0.2) is 15.1 Å². The highest BCUT2D eigenvalue weighted by atomic mass is 79.9. The molecule has 0 saturated heterocycles.